The number of nitrogens with one attached hydrogen (secondary N) is 1. The highest BCUT2D eigenvalue weighted by atomic mass is 32.1. The zero-order valence-electron chi connectivity index (χ0n) is 30.5. The van der Waals surface area contributed by atoms with E-state index in [0.29, 0.717) is 48.3 Å². The Kier molecular flexibility index (Phi) is 10.1. The molecule has 0 saturated carbocycles. The van der Waals surface area contributed by atoms with Gasteiger partial charge in [0.25, 0.3) is 5.91 Å². The van der Waals surface area contributed by atoms with Gasteiger partial charge < -0.3 is 9.64 Å². The van der Waals surface area contributed by atoms with Crippen LogP contribution in [-0.2, 0) is 24.2 Å². The maximum Gasteiger partial charge on any atom is 0.358 e. The van der Waals surface area contributed by atoms with Gasteiger partial charge in [0.15, 0.2) is 10.8 Å². The van der Waals surface area contributed by atoms with Crippen molar-refractivity contribution in [2.45, 2.75) is 45.9 Å². The van der Waals surface area contributed by atoms with Crippen molar-refractivity contribution in [3.63, 3.8) is 0 Å². The Balaban J connectivity index is 1.16. The number of anilines is 2. The zero-order chi connectivity index (χ0) is 37.1. The Morgan fingerprint density at radius 1 is 0.981 bits per heavy atom. The lowest BCUT2D eigenvalue weighted by molar-refractivity contribution is 0.00638. The SMILES string of the molecule is CN(C)CC#Cc1ccccc1Cn1cc(-c2ccc(N3CCc4cccc(C(=O)Nc5nc6ccccc6s5)c4C3)nc2C(=O)OC(C)(C)C)cn1. The third-order valence-corrected chi connectivity index (χ3v) is 9.69. The predicted octanol–water partition coefficient (Wildman–Crippen LogP) is 7.29. The molecule has 3 aromatic heterocycles. The number of hydrogen-bond acceptors (Lipinski definition) is 9. The summed E-state index contributed by atoms with van der Waals surface area (Å²) in [5.41, 5.74) is 6.34. The second-order valence-corrected chi connectivity index (χ2v) is 15.3. The molecule has 0 fully saturated rings. The highest BCUT2D eigenvalue weighted by molar-refractivity contribution is 7.22. The fraction of sp³-hybridized carbons (Fsp3) is 0.262. The van der Waals surface area contributed by atoms with Crippen LogP contribution in [0.2, 0.25) is 0 Å². The number of para-hydroxylation sites is 1. The van der Waals surface area contributed by atoms with Gasteiger partial charge in [-0.25, -0.2) is 14.8 Å². The first-order chi connectivity index (χ1) is 25.5. The minimum absolute atomic E-state index is 0.208. The Hall–Kier alpha value is -5.83. The van der Waals surface area contributed by atoms with Crippen LogP contribution < -0.4 is 10.2 Å². The maximum atomic E-state index is 13.8. The molecule has 3 aromatic carbocycles. The highest BCUT2D eigenvalue weighted by Crippen LogP contribution is 2.32. The molecule has 7 rings (SSSR count). The Morgan fingerprint density at radius 2 is 1.79 bits per heavy atom. The van der Waals surface area contributed by atoms with Crippen LogP contribution in [0.25, 0.3) is 21.3 Å². The summed E-state index contributed by atoms with van der Waals surface area (Å²) in [6, 6.07) is 25.5. The molecule has 0 saturated heterocycles. The molecule has 1 aliphatic heterocycles. The molecule has 0 bridgehead atoms. The van der Waals surface area contributed by atoms with Crippen molar-refractivity contribution in [1.82, 2.24) is 24.6 Å². The molecule has 10 nitrogen and oxygen atoms in total. The van der Waals surface area contributed by atoms with Gasteiger partial charge in [-0.3, -0.25) is 19.7 Å². The first-order valence-electron chi connectivity index (χ1n) is 17.5. The summed E-state index contributed by atoms with van der Waals surface area (Å²) in [5.74, 6) is 6.40. The number of thiazole rings is 1. The van der Waals surface area contributed by atoms with Crippen LogP contribution in [0.15, 0.2) is 91.3 Å². The van der Waals surface area contributed by atoms with E-state index >= 15 is 0 Å². The third kappa shape index (κ3) is 8.30. The normalized spacial score (nSPS) is 12.7. The van der Waals surface area contributed by atoms with Gasteiger partial charge in [0.2, 0.25) is 0 Å². The lowest BCUT2D eigenvalue weighted by Crippen LogP contribution is -2.33. The summed E-state index contributed by atoms with van der Waals surface area (Å²) in [5, 5.41) is 8.22. The van der Waals surface area contributed by atoms with E-state index in [9.17, 15) is 9.59 Å². The molecule has 0 spiro atoms. The van der Waals surface area contributed by atoms with Crippen LogP contribution in [0.4, 0.5) is 10.9 Å². The van der Waals surface area contributed by atoms with Crippen LogP contribution in [-0.4, -0.2) is 69.3 Å². The van der Waals surface area contributed by atoms with Gasteiger partial charge in [-0.15, -0.1) is 0 Å². The summed E-state index contributed by atoms with van der Waals surface area (Å²) in [7, 11) is 3.99. The summed E-state index contributed by atoms with van der Waals surface area (Å²) in [6.45, 7) is 7.83. The molecule has 1 aliphatic rings. The molecular formula is C42H41N7O3S. The van der Waals surface area contributed by atoms with Crippen LogP contribution in [0.3, 0.4) is 0 Å². The Morgan fingerprint density at radius 3 is 2.60 bits per heavy atom. The number of nitrogens with zero attached hydrogens (tertiary/aromatic N) is 6. The van der Waals surface area contributed by atoms with Gasteiger partial charge >= 0.3 is 5.97 Å². The van der Waals surface area contributed by atoms with E-state index in [-0.39, 0.29) is 11.6 Å². The number of fused-ring (bicyclic) bond motifs is 2. The van der Waals surface area contributed by atoms with Gasteiger partial charge in [-0.1, -0.05) is 65.6 Å². The monoisotopic (exact) mass is 723 g/mol. The number of carbonyl (C=O) groups is 2. The minimum Gasteiger partial charge on any atom is -0.455 e. The van der Waals surface area contributed by atoms with E-state index in [1.54, 1.807) is 6.20 Å². The molecule has 11 heteroatoms. The number of hydrogen-bond donors (Lipinski definition) is 1. The number of amides is 1. The van der Waals surface area contributed by atoms with Crippen molar-refractivity contribution >= 4 is 44.4 Å². The molecule has 0 atom stereocenters. The molecule has 1 N–H and O–H groups in total. The smallest absolute Gasteiger partial charge is 0.358 e. The van der Waals surface area contributed by atoms with Crippen molar-refractivity contribution in [3.8, 4) is 23.0 Å². The highest BCUT2D eigenvalue weighted by Gasteiger charge is 2.27. The van der Waals surface area contributed by atoms with E-state index in [2.05, 4.69) is 44.3 Å². The average molecular weight is 724 g/mol. The quantitative estimate of drug-likeness (QED) is 0.129. The summed E-state index contributed by atoms with van der Waals surface area (Å²) < 4.78 is 8.72. The fourth-order valence-corrected chi connectivity index (χ4v) is 7.12. The molecule has 0 aliphatic carbocycles. The van der Waals surface area contributed by atoms with Gasteiger partial charge in [0, 0.05) is 41.5 Å². The summed E-state index contributed by atoms with van der Waals surface area (Å²) in [4.78, 5) is 41.0. The number of rotatable bonds is 8. The lowest BCUT2D eigenvalue weighted by Gasteiger charge is -2.31. The van der Waals surface area contributed by atoms with E-state index in [4.69, 9.17) is 9.72 Å². The molecule has 4 heterocycles. The van der Waals surface area contributed by atoms with Crippen molar-refractivity contribution < 1.29 is 14.3 Å². The van der Waals surface area contributed by atoms with Crippen LogP contribution >= 0.6 is 11.3 Å². The van der Waals surface area contributed by atoms with Crippen LogP contribution in [0.5, 0.6) is 0 Å². The molecular weight excluding hydrogens is 683 g/mol. The maximum absolute atomic E-state index is 13.8. The van der Waals surface area contributed by atoms with E-state index in [1.165, 1.54) is 11.3 Å². The second kappa shape index (κ2) is 15.0. The molecule has 53 heavy (non-hydrogen) atoms. The first-order valence-corrected chi connectivity index (χ1v) is 18.3. The molecule has 268 valence electrons. The number of ether oxygens (including phenoxy) is 1. The van der Waals surface area contributed by atoms with Crippen molar-refractivity contribution in [3.05, 3.63) is 125 Å². The van der Waals surface area contributed by atoms with Gasteiger partial charge in [0.1, 0.15) is 11.4 Å². The molecule has 1 amide bonds. The van der Waals surface area contributed by atoms with Crippen molar-refractivity contribution in [1.29, 1.82) is 0 Å². The fourth-order valence-electron chi connectivity index (χ4n) is 6.26. The number of aromatic nitrogens is 4. The van der Waals surface area contributed by atoms with Crippen LogP contribution in [0, 0.1) is 11.8 Å². The molecule has 0 radical (unpaired) electrons. The Labute approximate surface area is 313 Å². The van der Waals surface area contributed by atoms with E-state index < -0.39 is 11.6 Å². The summed E-state index contributed by atoms with van der Waals surface area (Å²) >= 11 is 1.45. The zero-order valence-corrected chi connectivity index (χ0v) is 31.3. The predicted molar refractivity (Wildman–Crippen MR) is 210 cm³/mol. The molecule has 6 aromatic rings. The van der Waals surface area contributed by atoms with Crippen molar-refractivity contribution in [2.24, 2.45) is 0 Å². The largest absolute Gasteiger partial charge is 0.455 e. The van der Waals surface area contributed by atoms with Gasteiger partial charge in [-0.2, -0.15) is 5.10 Å². The van der Waals surface area contributed by atoms with E-state index in [1.807, 2.05) is 117 Å². The summed E-state index contributed by atoms with van der Waals surface area (Å²) in [6.07, 6.45) is 4.39. The van der Waals surface area contributed by atoms with Crippen LogP contribution in [0.1, 0.15) is 63.9 Å². The number of pyridine rings is 1. The number of carbonyl (C=O) groups excluding carboxylic acids is 2. The number of esters is 1. The van der Waals surface area contributed by atoms with Crippen molar-refractivity contribution in [2.75, 3.05) is 37.4 Å². The minimum atomic E-state index is -0.719. The third-order valence-electron chi connectivity index (χ3n) is 8.74. The first kappa shape index (κ1) is 35.6. The topological polar surface area (TPSA) is 105 Å². The average Bonchev–Trinajstić information content (AvgIpc) is 3.77. The number of benzene rings is 3. The Bertz CT molecular complexity index is 2340. The second-order valence-electron chi connectivity index (χ2n) is 14.2. The van der Waals surface area contributed by atoms with E-state index in [0.717, 1.165) is 44.5 Å². The standard InChI is InChI=1S/C42H41N7O3S/c1-42(2,3)52-40(51)38-32(31-24-43-49(26-31)25-30-13-7-6-12-28(30)15-11-22-47(4)5)19-20-37(45-38)48-23-21-29-14-10-16-33(34(29)27-48)39(50)46-41-44-35-17-8-9-18-36(35)53-41/h6-10,12-14,16-20,24,26H,21-23,25,27H2,1-5H3,(H,44,46,50). The van der Waals surface area contributed by atoms with Gasteiger partial charge in [-0.05, 0) is 94.4 Å². The molecule has 0 unspecified atom stereocenters. The van der Waals surface area contributed by atoms with Gasteiger partial charge in [0.05, 0.1) is 29.5 Å². The lowest BCUT2D eigenvalue weighted by atomic mass is 9.94.